The highest BCUT2D eigenvalue weighted by Gasteiger charge is 2.16. The minimum absolute atomic E-state index is 0.609. The molecule has 0 atom stereocenters. The Morgan fingerprint density at radius 2 is 0.800 bits per heavy atom. The topological polar surface area (TPSA) is 51.6 Å². The molecule has 9 aromatic rings. The summed E-state index contributed by atoms with van der Waals surface area (Å²) in [6.45, 7) is 0. The second-order valence-corrected chi connectivity index (χ2v) is 12.3. The van der Waals surface area contributed by atoms with E-state index in [-0.39, 0.29) is 0 Å². The van der Waals surface area contributed by atoms with Gasteiger partial charge in [0.2, 0.25) is 0 Å². The van der Waals surface area contributed by atoms with E-state index in [9.17, 15) is 0 Å². The Bertz CT molecular complexity index is 2620. The van der Waals surface area contributed by atoms with Crippen molar-refractivity contribution in [2.45, 2.75) is 0 Å². The molecule has 0 N–H and O–H groups in total. The summed E-state index contributed by atoms with van der Waals surface area (Å²) in [6, 6.07) is 62.8. The van der Waals surface area contributed by atoms with Gasteiger partial charge in [0.15, 0.2) is 17.5 Å². The number of hydrogen-bond acceptors (Lipinski definition) is 4. The third-order valence-corrected chi connectivity index (χ3v) is 9.12. The summed E-state index contributed by atoms with van der Waals surface area (Å²) in [5.74, 6) is 1.86. The van der Waals surface area contributed by atoms with Crippen LogP contribution in [0.15, 0.2) is 182 Å². The quantitative estimate of drug-likeness (QED) is 0.170. The number of pyridine rings is 1. The van der Waals surface area contributed by atoms with Gasteiger partial charge in [-0.2, -0.15) is 0 Å². The largest absolute Gasteiger partial charge is 0.248 e. The van der Waals surface area contributed by atoms with Crippen LogP contribution in [-0.2, 0) is 0 Å². The van der Waals surface area contributed by atoms with Crippen molar-refractivity contribution in [1.82, 2.24) is 19.9 Å². The summed E-state index contributed by atoms with van der Waals surface area (Å²) >= 11 is 0. The third kappa shape index (κ3) is 5.59. The Kier molecular flexibility index (Phi) is 7.45. The second-order valence-electron chi connectivity index (χ2n) is 12.3. The zero-order chi connectivity index (χ0) is 33.3. The molecule has 0 saturated carbocycles. The molecule has 0 aliphatic rings. The molecule has 0 radical (unpaired) electrons. The molecular weight excluding hydrogens is 609 g/mol. The highest BCUT2D eigenvalue weighted by atomic mass is 15.0. The molecule has 0 amide bonds. The van der Waals surface area contributed by atoms with Crippen LogP contribution in [0, 0.1) is 0 Å². The number of fused-ring (bicyclic) bond motifs is 3. The normalized spacial score (nSPS) is 11.2. The van der Waals surface area contributed by atoms with Gasteiger partial charge in [0.05, 0.1) is 11.2 Å². The lowest BCUT2D eigenvalue weighted by atomic mass is 9.94. The van der Waals surface area contributed by atoms with E-state index in [4.69, 9.17) is 19.9 Å². The number of hydrogen-bond donors (Lipinski definition) is 0. The van der Waals surface area contributed by atoms with Crippen molar-refractivity contribution >= 4 is 21.7 Å². The van der Waals surface area contributed by atoms with Gasteiger partial charge in [-0.05, 0) is 51.2 Å². The van der Waals surface area contributed by atoms with Gasteiger partial charge < -0.3 is 0 Å². The standard InChI is InChI=1S/C46H30N4/c1-4-13-31(14-5-1)32-23-25-36(26-24-32)45-48-44(35-18-8-3-9-19-35)49-46(50-45)38-21-12-20-37(29-38)42-30-40(33-15-6-2-7-16-33)43-39-22-11-10-17-34(39)27-28-41(43)47-42/h1-30H. The van der Waals surface area contributed by atoms with Gasteiger partial charge in [0.25, 0.3) is 0 Å². The maximum absolute atomic E-state index is 5.23. The van der Waals surface area contributed by atoms with Crippen LogP contribution in [0.2, 0.25) is 0 Å². The maximum Gasteiger partial charge on any atom is 0.164 e. The molecule has 4 nitrogen and oxygen atoms in total. The van der Waals surface area contributed by atoms with Crippen molar-refractivity contribution in [1.29, 1.82) is 0 Å². The van der Waals surface area contributed by atoms with Crippen LogP contribution in [0.3, 0.4) is 0 Å². The van der Waals surface area contributed by atoms with Gasteiger partial charge in [-0.3, -0.25) is 0 Å². The van der Waals surface area contributed by atoms with Crippen LogP contribution in [0.5, 0.6) is 0 Å². The van der Waals surface area contributed by atoms with Crippen molar-refractivity contribution < 1.29 is 0 Å². The first-order valence-corrected chi connectivity index (χ1v) is 16.7. The van der Waals surface area contributed by atoms with Crippen LogP contribution < -0.4 is 0 Å². The van der Waals surface area contributed by atoms with Crippen molar-refractivity contribution in [2.24, 2.45) is 0 Å². The number of nitrogens with zero attached hydrogens (tertiary/aromatic N) is 4. The van der Waals surface area contributed by atoms with Gasteiger partial charge in [-0.25, -0.2) is 19.9 Å². The van der Waals surface area contributed by atoms with E-state index in [0.717, 1.165) is 55.5 Å². The Balaban J connectivity index is 1.18. The summed E-state index contributed by atoms with van der Waals surface area (Å²) in [5, 5.41) is 3.55. The number of aromatic nitrogens is 4. The Morgan fingerprint density at radius 1 is 0.300 bits per heavy atom. The maximum atomic E-state index is 5.23. The molecule has 9 rings (SSSR count). The second kappa shape index (κ2) is 12.7. The first-order valence-electron chi connectivity index (χ1n) is 16.7. The van der Waals surface area contributed by atoms with E-state index in [2.05, 4.69) is 146 Å². The summed E-state index contributed by atoms with van der Waals surface area (Å²) in [5.41, 5.74) is 10.2. The molecular formula is C46H30N4. The van der Waals surface area contributed by atoms with Crippen LogP contribution in [-0.4, -0.2) is 19.9 Å². The molecule has 0 aliphatic heterocycles. The molecule has 2 aromatic heterocycles. The first kappa shape index (κ1) is 29.4. The third-order valence-electron chi connectivity index (χ3n) is 9.12. The molecule has 0 spiro atoms. The van der Waals surface area contributed by atoms with Crippen molar-refractivity contribution in [3.8, 4) is 67.7 Å². The SMILES string of the molecule is c1ccc(-c2ccc(-c3nc(-c4ccccc4)nc(-c4cccc(-c5cc(-c6ccccc6)c6c(ccc7ccccc76)n5)c4)n3)cc2)cc1. The van der Waals surface area contributed by atoms with E-state index in [0.29, 0.717) is 17.5 Å². The summed E-state index contributed by atoms with van der Waals surface area (Å²) in [4.78, 5) is 20.2. The molecule has 4 heteroatoms. The molecule has 2 heterocycles. The lowest BCUT2D eigenvalue weighted by molar-refractivity contribution is 1.07. The first-order chi connectivity index (χ1) is 24.8. The Hall–Kier alpha value is -6.78. The minimum Gasteiger partial charge on any atom is -0.248 e. The fourth-order valence-electron chi connectivity index (χ4n) is 6.61. The van der Waals surface area contributed by atoms with E-state index in [1.165, 1.54) is 16.3 Å². The Labute approximate surface area is 290 Å². The number of rotatable bonds is 6. The van der Waals surface area contributed by atoms with Crippen molar-refractivity contribution in [2.75, 3.05) is 0 Å². The zero-order valence-electron chi connectivity index (χ0n) is 27.1. The highest BCUT2D eigenvalue weighted by Crippen LogP contribution is 2.37. The van der Waals surface area contributed by atoms with Gasteiger partial charge in [0, 0.05) is 27.6 Å². The average molecular weight is 639 g/mol. The molecule has 0 saturated heterocycles. The lowest BCUT2D eigenvalue weighted by Crippen LogP contribution is -2.00. The van der Waals surface area contributed by atoms with Gasteiger partial charge in [0.1, 0.15) is 0 Å². The molecule has 0 fully saturated rings. The molecule has 50 heavy (non-hydrogen) atoms. The lowest BCUT2D eigenvalue weighted by Gasteiger charge is -2.14. The Morgan fingerprint density at radius 3 is 1.50 bits per heavy atom. The fraction of sp³-hybridized carbons (Fsp3) is 0. The van der Waals surface area contributed by atoms with Gasteiger partial charge >= 0.3 is 0 Å². The van der Waals surface area contributed by atoms with E-state index in [1.54, 1.807) is 0 Å². The number of benzene rings is 7. The predicted octanol–water partition coefficient (Wildman–Crippen LogP) is 11.6. The van der Waals surface area contributed by atoms with Gasteiger partial charge in [-0.1, -0.05) is 164 Å². The molecule has 0 bridgehead atoms. The highest BCUT2D eigenvalue weighted by molar-refractivity contribution is 6.13. The van der Waals surface area contributed by atoms with Crippen LogP contribution in [0.25, 0.3) is 89.4 Å². The minimum atomic E-state index is 0.609. The molecule has 0 unspecified atom stereocenters. The van der Waals surface area contributed by atoms with E-state index in [1.807, 2.05) is 36.4 Å². The zero-order valence-corrected chi connectivity index (χ0v) is 27.1. The van der Waals surface area contributed by atoms with E-state index >= 15 is 0 Å². The van der Waals surface area contributed by atoms with Crippen molar-refractivity contribution in [3.05, 3.63) is 182 Å². The smallest absolute Gasteiger partial charge is 0.164 e. The van der Waals surface area contributed by atoms with Gasteiger partial charge in [-0.15, -0.1) is 0 Å². The summed E-state index contributed by atoms with van der Waals surface area (Å²) in [6.07, 6.45) is 0. The monoisotopic (exact) mass is 638 g/mol. The van der Waals surface area contributed by atoms with Crippen molar-refractivity contribution in [3.63, 3.8) is 0 Å². The summed E-state index contributed by atoms with van der Waals surface area (Å²) in [7, 11) is 0. The molecule has 7 aromatic carbocycles. The molecule has 0 aliphatic carbocycles. The average Bonchev–Trinajstić information content (AvgIpc) is 3.21. The summed E-state index contributed by atoms with van der Waals surface area (Å²) < 4.78 is 0. The molecule has 234 valence electrons. The fourth-order valence-corrected chi connectivity index (χ4v) is 6.61. The van der Waals surface area contributed by atoms with E-state index < -0.39 is 0 Å². The predicted molar refractivity (Wildman–Crippen MR) is 205 cm³/mol. The van der Waals surface area contributed by atoms with Crippen LogP contribution in [0.1, 0.15) is 0 Å². The van der Waals surface area contributed by atoms with Crippen LogP contribution in [0.4, 0.5) is 0 Å². The van der Waals surface area contributed by atoms with Crippen LogP contribution >= 0.6 is 0 Å².